The summed E-state index contributed by atoms with van der Waals surface area (Å²) in [4.78, 5) is 2.23. The van der Waals surface area contributed by atoms with E-state index >= 15 is 0 Å². The van der Waals surface area contributed by atoms with Crippen molar-refractivity contribution < 1.29 is 9.13 Å². The number of methoxy groups -OCH3 is 1. The number of rotatable bonds is 9. The predicted octanol–water partition coefficient (Wildman–Crippen LogP) is 3.36. The lowest BCUT2D eigenvalue weighted by atomic mass is 10.0. The summed E-state index contributed by atoms with van der Waals surface area (Å²) in [5, 5.41) is 0. The molecule has 21 heavy (non-hydrogen) atoms. The second-order valence-electron chi connectivity index (χ2n) is 5.55. The van der Waals surface area contributed by atoms with Crippen molar-refractivity contribution in [3.63, 3.8) is 0 Å². The Labute approximate surface area is 128 Å². The first kappa shape index (κ1) is 17.9. The van der Waals surface area contributed by atoms with Gasteiger partial charge in [0, 0.05) is 37.0 Å². The Morgan fingerprint density at radius 3 is 2.57 bits per heavy atom. The molecule has 0 heterocycles. The Balaban J connectivity index is 3.13. The minimum absolute atomic E-state index is 0.0122. The number of anilines is 1. The molecule has 0 aliphatic heterocycles. The molecule has 1 aromatic rings. The van der Waals surface area contributed by atoms with Crippen LogP contribution in [-0.4, -0.2) is 32.3 Å². The van der Waals surface area contributed by atoms with Crippen LogP contribution in [0.5, 0.6) is 0 Å². The lowest BCUT2D eigenvalue weighted by Crippen LogP contribution is -2.37. The molecule has 1 rings (SSSR count). The number of halogens is 1. The molecule has 0 saturated heterocycles. The molecule has 3 nitrogen and oxygen atoms in total. The van der Waals surface area contributed by atoms with Gasteiger partial charge in [-0.2, -0.15) is 0 Å². The van der Waals surface area contributed by atoms with Gasteiger partial charge in [-0.3, -0.25) is 0 Å². The molecule has 2 atom stereocenters. The molecular formula is C17H29FN2O. The Kier molecular flexibility index (Phi) is 7.68. The summed E-state index contributed by atoms with van der Waals surface area (Å²) in [6.45, 7) is 7.71. The summed E-state index contributed by atoms with van der Waals surface area (Å²) in [5.74, 6) is -0.165. The third-order valence-corrected chi connectivity index (χ3v) is 4.05. The predicted molar refractivity (Wildman–Crippen MR) is 87.3 cm³/mol. The van der Waals surface area contributed by atoms with Crippen molar-refractivity contribution in [1.29, 1.82) is 0 Å². The van der Waals surface area contributed by atoms with E-state index in [0.717, 1.165) is 30.6 Å². The van der Waals surface area contributed by atoms with Crippen molar-refractivity contribution in [2.24, 2.45) is 5.73 Å². The lowest BCUT2D eigenvalue weighted by Gasteiger charge is -2.33. The molecule has 0 aliphatic carbocycles. The summed E-state index contributed by atoms with van der Waals surface area (Å²) in [7, 11) is 1.69. The van der Waals surface area contributed by atoms with Crippen LogP contribution in [0.3, 0.4) is 0 Å². The fourth-order valence-corrected chi connectivity index (χ4v) is 2.41. The summed E-state index contributed by atoms with van der Waals surface area (Å²) in [6.07, 6.45) is 2.41. The minimum atomic E-state index is -0.165. The van der Waals surface area contributed by atoms with Crippen LogP contribution < -0.4 is 10.6 Å². The third-order valence-electron chi connectivity index (χ3n) is 4.05. The van der Waals surface area contributed by atoms with Gasteiger partial charge in [0.1, 0.15) is 5.82 Å². The first-order valence-electron chi connectivity index (χ1n) is 7.83. The molecule has 4 heteroatoms. The second-order valence-corrected chi connectivity index (χ2v) is 5.55. The SMILES string of the molecule is CCC(N)Cc1c(F)cccc1N(CCOC)C(C)CC. The number of hydrogen-bond donors (Lipinski definition) is 1. The van der Waals surface area contributed by atoms with Crippen molar-refractivity contribution in [2.45, 2.75) is 52.1 Å². The van der Waals surface area contributed by atoms with Gasteiger partial charge in [0.2, 0.25) is 0 Å². The maximum absolute atomic E-state index is 14.3. The monoisotopic (exact) mass is 296 g/mol. The van der Waals surface area contributed by atoms with Gasteiger partial charge in [-0.15, -0.1) is 0 Å². The number of benzene rings is 1. The van der Waals surface area contributed by atoms with Gasteiger partial charge in [0.05, 0.1) is 6.61 Å². The number of nitrogens with zero attached hydrogens (tertiary/aromatic N) is 1. The van der Waals surface area contributed by atoms with Gasteiger partial charge in [0.25, 0.3) is 0 Å². The Morgan fingerprint density at radius 2 is 2.00 bits per heavy atom. The van der Waals surface area contributed by atoms with Crippen molar-refractivity contribution in [3.8, 4) is 0 Å². The maximum atomic E-state index is 14.3. The number of nitrogens with two attached hydrogens (primary N) is 1. The van der Waals surface area contributed by atoms with E-state index < -0.39 is 0 Å². The Hall–Kier alpha value is -1.13. The first-order valence-corrected chi connectivity index (χ1v) is 7.83. The highest BCUT2D eigenvalue weighted by Crippen LogP contribution is 2.27. The molecule has 0 radical (unpaired) electrons. The van der Waals surface area contributed by atoms with Crippen molar-refractivity contribution in [2.75, 3.05) is 25.2 Å². The van der Waals surface area contributed by atoms with E-state index in [4.69, 9.17) is 10.5 Å². The average molecular weight is 296 g/mol. The fraction of sp³-hybridized carbons (Fsp3) is 0.647. The number of ether oxygens (including phenoxy) is 1. The normalized spacial score (nSPS) is 14.0. The highest BCUT2D eigenvalue weighted by atomic mass is 19.1. The van der Waals surface area contributed by atoms with Gasteiger partial charge in [-0.1, -0.05) is 19.9 Å². The zero-order valence-corrected chi connectivity index (χ0v) is 13.7. The first-order chi connectivity index (χ1) is 10.0. The van der Waals surface area contributed by atoms with Crippen molar-refractivity contribution >= 4 is 5.69 Å². The molecule has 120 valence electrons. The molecule has 2 unspecified atom stereocenters. The number of hydrogen-bond acceptors (Lipinski definition) is 3. The second kappa shape index (κ2) is 9.00. The van der Waals surface area contributed by atoms with E-state index in [1.54, 1.807) is 13.2 Å². The van der Waals surface area contributed by atoms with Crippen molar-refractivity contribution in [3.05, 3.63) is 29.6 Å². The largest absolute Gasteiger partial charge is 0.383 e. The maximum Gasteiger partial charge on any atom is 0.128 e. The van der Waals surface area contributed by atoms with Crippen LogP contribution in [0.2, 0.25) is 0 Å². The van der Waals surface area contributed by atoms with E-state index in [0.29, 0.717) is 19.1 Å². The van der Waals surface area contributed by atoms with Gasteiger partial charge in [-0.05, 0) is 38.3 Å². The fourth-order valence-electron chi connectivity index (χ4n) is 2.41. The molecule has 0 bridgehead atoms. The van der Waals surface area contributed by atoms with Gasteiger partial charge in [-0.25, -0.2) is 4.39 Å². The molecule has 0 aliphatic rings. The Morgan fingerprint density at radius 1 is 1.29 bits per heavy atom. The van der Waals surface area contributed by atoms with Gasteiger partial charge >= 0.3 is 0 Å². The van der Waals surface area contributed by atoms with Crippen LogP contribution >= 0.6 is 0 Å². The molecule has 0 aromatic heterocycles. The molecule has 0 saturated carbocycles. The van der Waals surface area contributed by atoms with Crippen LogP contribution in [0.25, 0.3) is 0 Å². The van der Waals surface area contributed by atoms with Gasteiger partial charge in [0.15, 0.2) is 0 Å². The minimum Gasteiger partial charge on any atom is -0.383 e. The smallest absolute Gasteiger partial charge is 0.128 e. The quantitative estimate of drug-likeness (QED) is 0.759. The summed E-state index contributed by atoms with van der Waals surface area (Å²) in [5.41, 5.74) is 7.72. The average Bonchev–Trinajstić information content (AvgIpc) is 2.49. The molecule has 2 N–H and O–H groups in total. The van der Waals surface area contributed by atoms with Crippen LogP contribution in [0, 0.1) is 5.82 Å². The molecule has 0 spiro atoms. The molecule has 0 amide bonds. The Bertz CT molecular complexity index is 425. The summed E-state index contributed by atoms with van der Waals surface area (Å²) < 4.78 is 19.5. The third kappa shape index (κ3) is 4.97. The lowest BCUT2D eigenvalue weighted by molar-refractivity contribution is 0.203. The van der Waals surface area contributed by atoms with Crippen LogP contribution in [0.4, 0.5) is 10.1 Å². The zero-order chi connectivity index (χ0) is 15.8. The van der Waals surface area contributed by atoms with E-state index in [1.165, 1.54) is 6.07 Å². The van der Waals surface area contributed by atoms with Crippen molar-refractivity contribution in [1.82, 2.24) is 0 Å². The highest BCUT2D eigenvalue weighted by molar-refractivity contribution is 5.55. The van der Waals surface area contributed by atoms with Crippen LogP contribution in [-0.2, 0) is 11.2 Å². The molecule has 0 fully saturated rings. The standard InChI is InChI=1S/C17H29FN2O/c1-5-13(3)20(10-11-21-4)17-9-7-8-16(18)15(17)12-14(19)6-2/h7-9,13-14H,5-6,10-12,19H2,1-4H3. The topological polar surface area (TPSA) is 38.5 Å². The van der Waals surface area contributed by atoms with E-state index in [2.05, 4.69) is 18.7 Å². The highest BCUT2D eigenvalue weighted by Gasteiger charge is 2.19. The zero-order valence-electron chi connectivity index (χ0n) is 13.7. The summed E-state index contributed by atoms with van der Waals surface area (Å²) in [6, 6.07) is 5.60. The van der Waals surface area contributed by atoms with E-state index in [9.17, 15) is 4.39 Å². The van der Waals surface area contributed by atoms with E-state index in [-0.39, 0.29) is 11.9 Å². The van der Waals surface area contributed by atoms with Crippen LogP contribution in [0.15, 0.2) is 18.2 Å². The van der Waals surface area contributed by atoms with Gasteiger partial charge < -0.3 is 15.4 Å². The van der Waals surface area contributed by atoms with Crippen LogP contribution in [0.1, 0.15) is 39.2 Å². The van der Waals surface area contributed by atoms with E-state index in [1.807, 2.05) is 13.0 Å². The molecule has 1 aromatic carbocycles. The summed E-state index contributed by atoms with van der Waals surface area (Å²) >= 11 is 0. The molecular weight excluding hydrogens is 267 g/mol.